The standard InChI is InChI=1S/C34H33BrN2O4/c1-37(2)33(39)34(23-24-9-17-29(35)18-10-24)31(27-13-11-26(12-14-27)25-7-4-3-5-8-25)41-32(36-34)28-15-19-30(20-16-28)40-22-6-21-38/h3-5,7-20,31,38H,6,21-23H2,1-2H3/t31-,34-/m1/s1. The number of nitrogens with zero attached hydrogens (tertiary/aromatic N) is 2. The van der Waals surface area contributed by atoms with Gasteiger partial charge in [-0.25, -0.2) is 4.99 Å². The molecule has 2 atom stereocenters. The van der Waals surface area contributed by atoms with Gasteiger partial charge in [0.2, 0.25) is 5.90 Å². The van der Waals surface area contributed by atoms with Crippen molar-refractivity contribution < 1.29 is 19.4 Å². The van der Waals surface area contributed by atoms with E-state index in [1.165, 1.54) is 0 Å². The Morgan fingerprint density at radius 2 is 1.54 bits per heavy atom. The summed E-state index contributed by atoms with van der Waals surface area (Å²) >= 11 is 3.51. The minimum Gasteiger partial charge on any atom is -0.494 e. The molecule has 0 aromatic heterocycles. The molecule has 1 heterocycles. The van der Waals surface area contributed by atoms with Crippen molar-refractivity contribution in [1.82, 2.24) is 4.90 Å². The van der Waals surface area contributed by atoms with Crippen molar-refractivity contribution >= 4 is 27.7 Å². The van der Waals surface area contributed by atoms with Crippen LogP contribution in [0.5, 0.6) is 5.75 Å². The molecule has 41 heavy (non-hydrogen) atoms. The van der Waals surface area contributed by atoms with Crippen molar-refractivity contribution in [1.29, 1.82) is 0 Å². The van der Waals surface area contributed by atoms with E-state index in [0.717, 1.165) is 32.3 Å². The van der Waals surface area contributed by atoms with E-state index in [4.69, 9.17) is 19.6 Å². The highest BCUT2D eigenvalue weighted by Crippen LogP contribution is 2.43. The fourth-order valence-corrected chi connectivity index (χ4v) is 5.31. The Morgan fingerprint density at radius 1 is 0.902 bits per heavy atom. The molecule has 7 heteroatoms. The van der Waals surface area contributed by atoms with Gasteiger partial charge in [0.1, 0.15) is 5.75 Å². The van der Waals surface area contributed by atoms with Crippen molar-refractivity contribution in [3.63, 3.8) is 0 Å². The third-order valence-electron chi connectivity index (χ3n) is 7.12. The lowest BCUT2D eigenvalue weighted by Crippen LogP contribution is -2.49. The van der Waals surface area contributed by atoms with Crippen LogP contribution in [0.4, 0.5) is 0 Å². The molecule has 1 aliphatic rings. The van der Waals surface area contributed by atoms with Crippen molar-refractivity contribution in [2.24, 2.45) is 4.99 Å². The van der Waals surface area contributed by atoms with E-state index in [-0.39, 0.29) is 12.5 Å². The number of aliphatic hydroxyl groups is 1. The van der Waals surface area contributed by atoms with Crippen LogP contribution in [0.1, 0.15) is 29.2 Å². The first-order valence-corrected chi connectivity index (χ1v) is 14.4. The number of amides is 1. The first-order valence-electron chi connectivity index (χ1n) is 13.6. The summed E-state index contributed by atoms with van der Waals surface area (Å²) in [6.45, 7) is 0.513. The smallest absolute Gasteiger partial charge is 0.254 e. The predicted molar refractivity (Wildman–Crippen MR) is 165 cm³/mol. The highest BCUT2D eigenvalue weighted by Gasteiger charge is 2.54. The van der Waals surface area contributed by atoms with E-state index >= 15 is 0 Å². The number of hydrogen-bond donors (Lipinski definition) is 1. The van der Waals surface area contributed by atoms with E-state index in [1.54, 1.807) is 19.0 Å². The minimum atomic E-state index is -1.21. The maximum Gasteiger partial charge on any atom is 0.254 e. The number of aliphatic hydroxyl groups excluding tert-OH is 1. The molecule has 0 aliphatic carbocycles. The number of halogens is 1. The van der Waals surface area contributed by atoms with E-state index < -0.39 is 11.6 Å². The first kappa shape index (κ1) is 28.6. The molecule has 0 unspecified atom stereocenters. The minimum absolute atomic E-state index is 0.0802. The highest BCUT2D eigenvalue weighted by molar-refractivity contribution is 9.10. The zero-order chi connectivity index (χ0) is 28.8. The zero-order valence-electron chi connectivity index (χ0n) is 23.2. The van der Waals surface area contributed by atoms with Crippen LogP contribution < -0.4 is 4.74 Å². The van der Waals surface area contributed by atoms with Gasteiger partial charge < -0.3 is 19.5 Å². The Kier molecular flexibility index (Phi) is 8.86. The third kappa shape index (κ3) is 6.37. The van der Waals surface area contributed by atoms with Crippen LogP contribution in [-0.2, 0) is 16.0 Å². The van der Waals surface area contributed by atoms with Gasteiger partial charge in [0, 0.05) is 43.6 Å². The van der Waals surface area contributed by atoms with Gasteiger partial charge in [0.05, 0.1) is 6.61 Å². The number of likely N-dealkylation sites (N-methyl/N-ethyl adjacent to an activating group) is 1. The molecular formula is C34H33BrN2O4. The van der Waals surface area contributed by atoms with Gasteiger partial charge in [-0.15, -0.1) is 0 Å². The van der Waals surface area contributed by atoms with E-state index in [9.17, 15) is 4.79 Å². The lowest BCUT2D eigenvalue weighted by Gasteiger charge is -2.33. The fourth-order valence-electron chi connectivity index (χ4n) is 5.05. The molecule has 4 aromatic carbocycles. The van der Waals surface area contributed by atoms with Crippen molar-refractivity contribution in [2.75, 3.05) is 27.3 Å². The van der Waals surface area contributed by atoms with E-state index in [2.05, 4.69) is 40.2 Å². The van der Waals surface area contributed by atoms with Gasteiger partial charge >= 0.3 is 0 Å². The number of ether oxygens (including phenoxy) is 2. The van der Waals surface area contributed by atoms with Gasteiger partial charge in [0.15, 0.2) is 11.6 Å². The summed E-state index contributed by atoms with van der Waals surface area (Å²) in [6.07, 6.45) is 0.295. The monoisotopic (exact) mass is 612 g/mol. The molecule has 0 spiro atoms. The molecule has 5 rings (SSSR count). The second-order valence-electron chi connectivity index (χ2n) is 10.3. The highest BCUT2D eigenvalue weighted by atomic mass is 79.9. The second-order valence-corrected chi connectivity index (χ2v) is 11.2. The van der Waals surface area contributed by atoms with Gasteiger partial charge in [0.25, 0.3) is 5.91 Å². The van der Waals surface area contributed by atoms with Crippen LogP contribution in [0.3, 0.4) is 0 Å². The van der Waals surface area contributed by atoms with Crippen LogP contribution in [0, 0.1) is 0 Å². The summed E-state index contributed by atoms with van der Waals surface area (Å²) in [7, 11) is 3.51. The largest absolute Gasteiger partial charge is 0.494 e. The molecular weight excluding hydrogens is 580 g/mol. The Bertz CT molecular complexity index is 1490. The Hall–Kier alpha value is -3.94. The number of aliphatic imine (C=N–C) groups is 1. The molecule has 0 bridgehead atoms. The summed E-state index contributed by atoms with van der Waals surface area (Å²) in [5, 5.41) is 9.03. The number of hydrogen-bond acceptors (Lipinski definition) is 5. The SMILES string of the molecule is CN(C)C(=O)[C@]1(Cc2ccc(Br)cc2)N=C(c2ccc(OCCCO)cc2)O[C@@H]1c1ccc(-c2ccccc2)cc1. The van der Waals surface area contributed by atoms with Crippen molar-refractivity contribution in [3.05, 3.63) is 124 Å². The Morgan fingerprint density at radius 3 is 2.17 bits per heavy atom. The molecule has 6 nitrogen and oxygen atoms in total. The molecule has 1 N–H and O–H groups in total. The predicted octanol–water partition coefficient (Wildman–Crippen LogP) is 6.47. The lowest BCUT2D eigenvalue weighted by atomic mass is 9.81. The third-order valence-corrected chi connectivity index (χ3v) is 7.65. The van der Waals surface area contributed by atoms with Crippen LogP contribution in [-0.4, -0.2) is 54.7 Å². The summed E-state index contributed by atoms with van der Waals surface area (Å²) in [5.74, 6) is 0.979. The van der Waals surface area contributed by atoms with Gasteiger partial charge in [-0.3, -0.25) is 4.79 Å². The fraction of sp³-hybridized carbons (Fsp3) is 0.235. The van der Waals surface area contributed by atoms with Crippen molar-refractivity contribution in [3.8, 4) is 16.9 Å². The molecule has 1 aliphatic heterocycles. The number of benzene rings is 4. The van der Waals surface area contributed by atoms with E-state index in [1.807, 2.05) is 78.9 Å². The second kappa shape index (κ2) is 12.7. The maximum atomic E-state index is 14.1. The number of rotatable bonds is 10. The molecule has 1 amide bonds. The average molecular weight is 614 g/mol. The number of carbonyl (C=O) groups is 1. The summed E-state index contributed by atoms with van der Waals surface area (Å²) in [6, 6.07) is 33.8. The van der Waals surface area contributed by atoms with Crippen LogP contribution in [0.15, 0.2) is 113 Å². The first-order chi connectivity index (χ1) is 19.9. The average Bonchev–Trinajstić information content (AvgIpc) is 3.39. The molecule has 210 valence electrons. The lowest BCUT2D eigenvalue weighted by molar-refractivity contribution is -0.137. The molecule has 0 saturated carbocycles. The maximum absolute atomic E-state index is 14.1. The topological polar surface area (TPSA) is 71.4 Å². The summed E-state index contributed by atoms with van der Waals surface area (Å²) < 4.78 is 13.3. The summed E-state index contributed by atoms with van der Waals surface area (Å²) in [4.78, 5) is 20.8. The molecule has 0 fully saturated rings. The van der Waals surface area contributed by atoms with Crippen LogP contribution >= 0.6 is 15.9 Å². The van der Waals surface area contributed by atoms with Crippen LogP contribution in [0.2, 0.25) is 0 Å². The molecule has 0 radical (unpaired) electrons. The number of carbonyl (C=O) groups excluding carboxylic acids is 1. The Balaban J connectivity index is 1.55. The van der Waals surface area contributed by atoms with Gasteiger partial charge in [-0.05, 0) is 58.7 Å². The Labute approximate surface area is 249 Å². The molecule has 4 aromatic rings. The normalized spacial score (nSPS) is 18.0. The van der Waals surface area contributed by atoms with Crippen LogP contribution in [0.25, 0.3) is 11.1 Å². The van der Waals surface area contributed by atoms with E-state index in [0.29, 0.717) is 31.1 Å². The van der Waals surface area contributed by atoms with Gasteiger partial charge in [-0.1, -0.05) is 82.7 Å². The quantitative estimate of drug-likeness (QED) is 0.208. The molecule has 0 saturated heterocycles. The van der Waals surface area contributed by atoms with Crippen molar-refractivity contribution in [2.45, 2.75) is 24.5 Å². The zero-order valence-corrected chi connectivity index (χ0v) is 24.8. The summed E-state index contributed by atoms with van der Waals surface area (Å²) in [5.41, 5.74) is 3.61. The van der Waals surface area contributed by atoms with Gasteiger partial charge in [-0.2, -0.15) is 0 Å².